The summed E-state index contributed by atoms with van der Waals surface area (Å²) >= 11 is 0. The first-order chi connectivity index (χ1) is 9.22. The Hall–Kier alpha value is -1.88. The Balaban J connectivity index is 1.77. The van der Waals surface area contributed by atoms with Crippen molar-refractivity contribution in [1.82, 2.24) is 9.55 Å². The van der Waals surface area contributed by atoms with E-state index in [4.69, 9.17) is 9.84 Å². The number of aromatic carboxylic acids is 1. The first kappa shape index (κ1) is 11.0. The van der Waals surface area contributed by atoms with Gasteiger partial charge < -0.3 is 14.4 Å². The van der Waals surface area contributed by atoms with E-state index in [0.29, 0.717) is 18.2 Å². The van der Waals surface area contributed by atoms with Crippen molar-refractivity contribution >= 4 is 17.0 Å². The van der Waals surface area contributed by atoms with Gasteiger partial charge in [-0.15, -0.1) is 0 Å². The van der Waals surface area contributed by atoms with Crippen LogP contribution >= 0.6 is 0 Å². The van der Waals surface area contributed by atoms with Crippen LogP contribution in [0.25, 0.3) is 11.0 Å². The Morgan fingerprint density at radius 2 is 2.32 bits per heavy atom. The normalized spacial score (nSPS) is 29.2. The third kappa shape index (κ3) is 1.58. The van der Waals surface area contributed by atoms with Gasteiger partial charge in [-0.3, -0.25) is 0 Å². The highest BCUT2D eigenvalue weighted by Crippen LogP contribution is 2.42. The van der Waals surface area contributed by atoms with Crippen LogP contribution in [0.5, 0.6) is 0 Å². The topological polar surface area (TPSA) is 64.3 Å². The number of imidazole rings is 1. The number of carbonyl (C=O) groups is 1. The number of carboxylic acid groups (broad SMARTS) is 1. The molecule has 5 heteroatoms. The van der Waals surface area contributed by atoms with Gasteiger partial charge in [-0.05, 0) is 37.5 Å². The van der Waals surface area contributed by atoms with Gasteiger partial charge in [0.2, 0.25) is 0 Å². The minimum absolute atomic E-state index is 0.280. The number of ether oxygens (including phenoxy) is 1. The summed E-state index contributed by atoms with van der Waals surface area (Å²) in [6.45, 7) is 0. The maximum absolute atomic E-state index is 11.0. The lowest BCUT2D eigenvalue weighted by atomic mass is 9.95. The Morgan fingerprint density at radius 1 is 1.42 bits per heavy atom. The molecule has 2 aliphatic rings. The van der Waals surface area contributed by atoms with E-state index < -0.39 is 5.97 Å². The Labute approximate surface area is 109 Å². The van der Waals surface area contributed by atoms with Crippen LogP contribution < -0.4 is 0 Å². The van der Waals surface area contributed by atoms with Gasteiger partial charge in [0.15, 0.2) is 0 Å². The Bertz CT molecular complexity index is 664. The van der Waals surface area contributed by atoms with Crippen LogP contribution in [-0.2, 0) is 4.74 Å². The fourth-order valence-electron chi connectivity index (χ4n) is 3.33. The van der Waals surface area contributed by atoms with Gasteiger partial charge >= 0.3 is 5.97 Å². The summed E-state index contributed by atoms with van der Waals surface area (Å²) in [6, 6.07) is 5.45. The number of hydrogen-bond donors (Lipinski definition) is 1. The minimum atomic E-state index is -0.917. The van der Waals surface area contributed by atoms with Crippen LogP contribution in [0, 0.1) is 0 Å². The molecule has 98 valence electrons. The molecule has 3 heterocycles. The molecule has 2 fully saturated rings. The second kappa shape index (κ2) is 3.81. The predicted molar refractivity (Wildman–Crippen MR) is 68.2 cm³/mol. The molecule has 19 heavy (non-hydrogen) atoms. The molecule has 2 saturated heterocycles. The number of rotatable bonds is 2. The molecule has 4 rings (SSSR count). The van der Waals surface area contributed by atoms with Crippen LogP contribution in [0.2, 0.25) is 0 Å². The Morgan fingerprint density at radius 3 is 3.00 bits per heavy atom. The summed E-state index contributed by atoms with van der Waals surface area (Å²) in [5.41, 5.74) is 2.01. The second-order valence-corrected chi connectivity index (χ2v) is 5.34. The molecule has 0 radical (unpaired) electrons. The lowest BCUT2D eigenvalue weighted by molar-refractivity contribution is 0.0697. The van der Waals surface area contributed by atoms with Crippen molar-refractivity contribution < 1.29 is 14.6 Å². The molecule has 1 aromatic carbocycles. The molecule has 3 atom stereocenters. The molecule has 0 aliphatic carbocycles. The van der Waals surface area contributed by atoms with Crippen LogP contribution in [0.3, 0.4) is 0 Å². The molecule has 3 unspecified atom stereocenters. The van der Waals surface area contributed by atoms with E-state index in [2.05, 4.69) is 9.55 Å². The zero-order valence-corrected chi connectivity index (χ0v) is 10.3. The summed E-state index contributed by atoms with van der Waals surface area (Å²) < 4.78 is 8.02. The van der Waals surface area contributed by atoms with Crippen molar-refractivity contribution in [1.29, 1.82) is 0 Å². The quantitative estimate of drug-likeness (QED) is 0.897. The summed E-state index contributed by atoms with van der Waals surface area (Å²) in [5.74, 6) is -0.917. The lowest BCUT2D eigenvalue weighted by Gasteiger charge is -2.20. The first-order valence-corrected chi connectivity index (χ1v) is 6.58. The van der Waals surface area contributed by atoms with Crippen molar-refractivity contribution in [3.8, 4) is 0 Å². The highest BCUT2D eigenvalue weighted by atomic mass is 16.5. The largest absolute Gasteiger partial charge is 0.478 e. The van der Waals surface area contributed by atoms with Crippen LogP contribution in [0.15, 0.2) is 24.5 Å². The van der Waals surface area contributed by atoms with Gasteiger partial charge in [0.1, 0.15) is 0 Å². The van der Waals surface area contributed by atoms with Gasteiger partial charge in [-0.2, -0.15) is 0 Å². The van der Waals surface area contributed by atoms with E-state index in [9.17, 15) is 4.79 Å². The predicted octanol–water partition coefficient (Wildman–Crippen LogP) is 2.23. The highest BCUT2D eigenvalue weighted by Gasteiger charge is 2.42. The molecule has 0 spiro atoms. The average Bonchev–Trinajstić information content (AvgIpc) is 3.11. The molecule has 5 nitrogen and oxygen atoms in total. The second-order valence-electron chi connectivity index (χ2n) is 5.34. The first-order valence-electron chi connectivity index (χ1n) is 6.58. The molecule has 1 N–H and O–H groups in total. The zero-order chi connectivity index (χ0) is 13.0. The van der Waals surface area contributed by atoms with Crippen molar-refractivity contribution in [2.75, 3.05) is 0 Å². The number of benzene rings is 1. The fourth-order valence-corrected chi connectivity index (χ4v) is 3.33. The maximum Gasteiger partial charge on any atom is 0.335 e. The standard InChI is InChI=1S/C14H14N2O3/c17-14(18)8-1-3-11-10(5-8)15-7-16(11)12-6-9-2-4-13(12)19-9/h1,3,5,7,9,12-13H,2,4,6H2,(H,17,18). The summed E-state index contributed by atoms with van der Waals surface area (Å²) in [4.78, 5) is 15.3. The van der Waals surface area contributed by atoms with Crippen LogP contribution in [0.4, 0.5) is 0 Å². The van der Waals surface area contributed by atoms with E-state index >= 15 is 0 Å². The van der Waals surface area contributed by atoms with Gasteiger partial charge in [0.05, 0.1) is 41.2 Å². The number of nitrogens with zero attached hydrogens (tertiary/aromatic N) is 2. The number of carboxylic acids is 1. The molecule has 2 aliphatic heterocycles. The molecule has 0 saturated carbocycles. The summed E-state index contributed by atoms with van der Waals surface area (Å²) in [5, 5.41) is 8.99. The van der Waals surface area contributed by atoms with E-state index in [1.165, 1.54) is 0 Å². The van der Waals surface area contributed by atoms with Crippen molar-refractivity contribution in [3.05, 3.63) is 30.1 Å². The zero-order valence-electron chi connectivity index (χ0n) is 10.3. The third-order valence-electron chi connectivity index (χ3n) is 4.25. The van der Waals surface area contributed by atoms with Crippen LogP contribution in [-0.4, -0.2) is 32.8 Å². The number of aromatic nitrogens is 2. The third-order valence-corrected chi connectivity index (χ3v) is 4.25. The van der Waals surface area contributed by atoms with Gasteiger partial charge in [-0.25, -0.2) is 9.78 Å². The van der Waals surface area contributed by atoms with Crippen molar-refractivity contribution in [2.45, 2.75) is 37.5 Å². The molecule has 0 amide bonds. The minimum Gasteiger partial charge on any atom is -0.478 e. The molecule has 1 aromatic heterocycles. The lowest BCUT2D eigenvalue weighted by Crippen LogP contribution is -2.20. The average molecular weight is 258 g/mol. The highest BCUT2D eigenvalue weighted by molar-refractivity contribution is 5.92. The smallest absolute Gasteiger partial charge is 0.335 e. The number of fused-ring (bicyclic) bond motifs is 3. The Kier molecular flexibility index (Phi) is 2.20. The SMILES string of the molecule is O=C(O)c1ccc2c(c1)ncn2C1CC2CCC1O2. The van der Waals surface area contributed by atoms with Crippen molar-refractivity contribution in [2.24, 2.45) is 0 Å². The monoisotopic (exact) mass is 258 g/mol. The maximum atomic E-state index is 11.0. The van der Waals surface area contributed by atoms with E-state index in [1.807, 2.05) is 12.4 Å². The molecular weight excluding hydrogens is 244 g/mol. The van der Waals surface area contributed by atoms with E-state index in [1.54, 1.807) is 12.1 Å². The molecule has 2 aromatic rings. The van der Waals surface area contributed by atoms with Gasteiger partial charge in [0.25, 0.3) is 0 Å². The van der Waals surface area contributed by atoms with Crippen molar-refractivity contribution in [3.63, 3.8) is 0 Å². The van der Waals surface area contributed by atoms with Gasteiger partial charge in [0, 0.05) is 0 Å². The van der Waals surface area contributed by atoms with E-state index in [0.717, 1.165) is 30.3 Å². The number of hydrogen-bond acceptors (Lipinski definition) is 3. The fraction of sp³-hybridized carbons (Fsp3) is 0.429. The summed E-state index contributed by atoms with van der Waals surface area (Å²) in [6.07, 6.45) is 5.81. The van der Waals surface area contributed by atoms with Gasteiger partial charge in [-0.1, -0.05) is 0 Å². The van der Waals surface area contributed by atoms with E-state index in [-0.39, 0.29) is 5.56 Å². The molecule has 2 bridgehead atoms. The molecular formula is C14H14N2O3. The summed E-state index contributed by atoms with van der Waals surface area (Å²) in [7, 11) is 0. The van der Waals surface area contributed by atoms with Crippen LogP contribution in [0.1, 0.15) is 35.7 Å².